The number of hydrogen-bond donors (Lipinski definition) is 1. The Bertz CT molecular complexity index is 764. The number of nitrogens with one attached hydrogen (secondary N) is 1. The molecule has 4 amide bonds. The van der Waals surface area contributed by atoms with Crippen LogP contribution in [0.3, 0.4) is 0 Å². The van der Waals surface area contributed by atoms with Gasteiger partial charge in [0.05, 0.1) is 17.7 Å². The van der Waals surface area contributed by atoms with E-state index in [0.29, 0.717) is 30.8 Å². The Morgan fingerprint density at radius 3 is 2.69 bits per heavy atom. The van der Waals surface area contributed by atoms with Crippen molar-refractivity contribution in [3.8, 4) is 0 Å². The van der Waals surface area contributed by atoms with Gasteiger partial charge in [0, 0.05) is 18.4 Å². The highest BCUT2D eigenvalue weighted by molar-refractivity contribution is 9.09. The number of piperidine rings is 1. The maximum Gasteiger partial charge on any atom is 0.262 e. The lowest BCUT2D eigenvalue weighted by Gasteiger charge is -2.27. The van der Waals surface area contributed by atoms with Crippen LogP contribution in [0.2, 0.25) is 0 Å². The van der Waals surface area contributed by atoms with Gasteiger partial charge in [0.1, 0.15) is 6.04 Å². The second kappa shape index (κ2) is 8.09. The fraction of sp³-hybridized carbons (Fsp3) is 0.444. The maximum absolute atomic E-state index is 12.9. The van der Waals surface area contributed by atoms with Crippen LogP contribution >= 0.6 is 15.9 Å². The zero-order valence-electron chi connectivity index (χ0n) is 14.1. The molecule has 0 saturated carbocycles. The van der Waals surface area contributed by atoms with Crippen LogP contribution in [0.25, 0.3) is 0 Å². The van der Waals surface area contributed by atoms with Crippen LogP contribution in [0.1, 0.15) is 45.5 Å². The third-order valence-electron chi connectivity index (χ3n) is 4.51. The summed E-state index contributed by atoms with van der Waals surface area (Å²) in [5.41, 5.74) is 1.46. The van der Waals surface area contributed by atoms with Crippen LogP contribution < -0.4 is 5.32 Å². The molecule has 0 bridgehead atoms. The summed E-state index contributed by atoms with van der Waals surface area (Å²) in [5.74, 6) is -1.92. The van der Waals surface area contributed by atoms with E-state index in [4.69, 9.17) is 4.74 Å². The summed E-state index contributed by atoms with van der Waals surface area (Å²) in [6.07, 6.45) is 1.60. The Labute approximate surface area is 159 Å². The van der Waals surface area contributed by atoms with Gasteiger partial charge in [-0.05, 0) is 30.9 Å². The minimum absolute atomic E-state index is 0.113. The van der Waals surface area contributed by atoms with E-state index in [1.54, 1.807) is 12.1 Å². The lowest BCUT2D eigenvalue weighted by atomic mass is 9.99. The summed E-state index contributed by atoms with van der Waals surface area (Å²) in [6.45, 7) is 1.18. The molecule has 2 aliphatic rings. The molecule has 1 saturated heterocycles. The molecule has 1 atom stereocenters. The molecule has 2 heterocycles. The summed E-state index contributed by atoms with van der Waals surface area (Å²) in [7, 11) is 0. The second-order valence-corrected chi connectivity index (χ2v) is 6.98. The van der Waals surface area contributed by atoms with Gasteiger partial charge in [-0.3, -0.25) is 29.4 Å². The molecular formula is C18H19BrN2O5. The number of carbonyl (C=O) groups is 4. The van der Waals surface area contributed by atoms with E-state index in [-0.39, 0.29) is 18.7 Å². The number of rotatable bonds is 7. The average Bonchev–Trinajstić information content (AvgIpc) is 2.87. The normalized spacial score (nSPS) is 19.7. The molecule has 0 spiro atoms. The van der Waals surface area contributed by atoms with E-state index in [1.807, 2.05) is 6.07 Å². The van der Waals surface area contributed by atoms with Crippen LogP contribution in [0, 0.1) is 0 Å². The van der Waals surface area contributed by atoms with Crippen LogP contribution in [0.5, 0.6) is 0 Å². The van der Waals surface area contributed by atoms with Gasteiger partial charge < -0.3 is 4.74 Å². The average molecular weight is 423 g/mol. The zero-order valence-corrected chi connectivity index (χ0v) is 15.7. The molecule has 1 aromatic carbocycles. The molecule has 7 nitrogen and oxygen atoms in total. The van der Waals surface area contributed by atoms with Crippen molar-refractivity contribution in [2.45, 2.75) is 31.7 Å². The molecule has 0 radical (unpaired) electrons. The first-order chi connectivity index (χ1) is 12.5. The van der Waals surface area contributed by atoms with E-state index in [2.05, 4.69) is 21.2 Å². The molecule has 3 rings (SSSR count). The Morgan fingerprint density at radius 2 is 1.96 bits per heavy atom. The van der Waals surface area contributed by atoms with Crippen LogP contribution in [-0.2, 0) is 20.7 Å². The number of amides is 4. The second-order valence-electron chi connectivity index (χ2n) is 6.19. The smallest absolute Gasteiger partial charge is 0.262 e. The van der Waals surface area contributed by atoms with Gasteiger partial charge in [-0.15, -0.1) is 0 Å². The number of benzene rings is 1. The molecule has 138 valence electrons. The van der Waals surface area contributed by atoms with Gasteiger partial charge in [0.15, 0.2) is 0 Å². The highest BCUT2D eigenvalue weighted by Crippen LogP contribution is 2.30. The fourth-order valence-corrected chi connectivity index (χ4v) is 3.54. The standard InChI is InChI=1S/C18H19BrN2O5/c19-8-10-26-9-2-4-11-3-1-5-12-15(11)18(25)21(17(12)24)13-6-7-14(22)20-16(13)23/h1,3,5,13H,2,4,6-10H2,(H,20,22,23). The molecule has 1 N–H and O–H groups in total. The van der Waals surface area contributed by atoms with Gasteiger partial charge >= 0.3 is 0 Å². The molecule has 1 aromatic rings. The number of hydrogen-bond acceptors (Lipinski definition) is 5. The van der Waals surface area contributed by atoms with E-state index >= 15 is 0 Å². The van der Waals surface area contributed by atoms with Crippen LogP contribution in [0.4, 0.5) is 0 Å². The van der Waals surface area contributed by atoms with Gasteiger partial charge in [0.25, 0.3) is 11.8 Å². The number of halogens is 1. The van der Waals surface area contributed by atoms with Crippen molar-refractivity contribution in [1.29, 1.82) is 0 Å². The van der Waals surface area contributed by atoms with Crippen molar-refractivity contribution in [2.24, 2.45) is 0 Å². The molecule has 1 unspecified atom stereocenters. The zero-order chi connectivity index (χ0) is 18.7. The largest absolute Gasteiger partial charge is 0.381 e. The van der Waals surface area contributed by atoms with E-state index in [1.165, 1.54) is 0 Å². The van der Waals surface area contributed by atoms with Gasteiger partial charge in [0.2, 0.25) is 11.8 Å². The fourth-order valence-electron chi connectivity index (χ4n) is 3.31. The molecule has 2 aliphatic heterocycles. The van der Waals surface area contributed by atoms with Crippen molar-refractivity contribution in [2.75, 3.05) is 18.5 Å². The Balaban J connectivity index is 1.78. The molecule has 1 fully saturated rings. The first-order valence-corrected chi connectivity index (χ1v) is 9.64. The number of carbonyl (C=O) groups excluding carboxylic acids is 4. The predicted molar refractivity (Wildman–Crippen MR) is 96.0 cm³/mol. The quantitative estimate of drug-likeness (QED) is 0.407. The Morgan fingerprint density at radius 1 is 1.15 bits per heavy atom. The van der Waals surface area contributed by atoms with Crippen molar-refractivity contribution in [1.82, 2.24) is 10.2 Å². The van der Waals surface area contributed by atoms with Crippen molar-refractivity contribution < 1.29 is 23.9 Å². The van der Waals surface area contributed by atoms with Crippen molar-refractivity contribution in [3.05, 3.63) is 34.9 Å². The van der Waals surface area contributed by atoms with Crippen molar-refractivity contribution in [3.63, 3.8) is 0 Å². The molecular weight excluding hydrogens is 404 g/mol. The molecule has 0 aromatic heterocycles. The van der Waals surface area contributed by atoms with E-state index in [9.17, 15) is 19.2 Å². The van der Waals surface area contributed by atoms with Crippen LogP contribution in [-0.4, -0.2) is 53.1 Å². The SMILES string of the molecule is O=C1CCC(N2C(=O)c3cccc(CCCOCCBr)c3C2=O)C(=O)N1. The first kappa shape index (κ1) is 18.7. The third kappa shape index (κ3) is 3.57. The lowest BCUT2D eigenvalue weighted by molar-refractivity contribution is -0.136. The molecule has 26 heavy (non-hydrogen) atoms. The first-order valence-electron chi connectivity index (χ1n) is 8.51. The van der Waals surface area contributed by atoms with Gasteiger partial charge in [-0.25, -0.2) is 0 Å². The Hall–Kier alpha value is -2.06. The van der Waals surface area contributed by atoms with Gasteiger partial charge in [-0.1, -0.05) is 28.1 Å². The van der Waals surface area contributed by atoms with Crippen molar-refractivity contribution >= 4 is 39.6 Å². The number of imide groups is 2. The number of fused-ring (bicyclic) bond motifs is 1. The Kier molecular flexibility index (Phi) is 5.83. The summed E-state index contributed by atoms with van der Waals surface area (Å²) >= 11 is 3.29. The highest BCUT2D eigenvalue weighted by atomic mass is 79.9. The monoisotopic (exact) mass is 422 g/mol. The minimum atomic E-state index is -0.935. The number of nitrogens with zero attached hydrogens (tertiary/aromatic N) is 1. The minimum Gasteiger partial charge on any atom is -0.381 e. The van der Waals surface area contributed by atoms with Gasteiger partial charge in [-0.2, -0.15) is 0 Å². The summed E-state index contributed by atoms with van der Waals surface area (Å²) in [6, 6.07) is 4.23. The number of alkyl halides is 1. The summed E-state index contributed by atoms with van der Waals surface area (Å²) in [5, 5.41) is 2.96. The summed E-state index contributed by atoms with van der Waals surface area (Å²) < 4.78 is 5.42. The van der Waals surface area contributed by atoms with Crippen LogP contribution in [0.15, 0.2) is 18.2 Å². The lowest BCUT2D eigenvalue weighted by Crippen LogP contribution is -2.54. The number of aryl methyl sites for hydroxylation is 1. The maximum atomic E-state index is 12.9. The highest BCUT2D eigenvalue weighted by Gasteiger charge is 2.45. The molecule has 0 aliphatic carbocycles. The predicted octanol–water partition coefficient (Wildman–Crippen LogP) is 1.43. The van der Waals surface area contributed by atoms with E-state index < -0.39 is 23.8 Å². The third-order valence-corrected chi connectivity index (χ3v) is 4.83. The van der Waals surface area contributed by atoms with E-state index in [0.717, 1.165) is 22.2 Å². The topological polar surface area (TPSA) is 92.8 Å². The summed E-state index contributed by atoms with van der Waals surface area (Å²) in [4.78, 5) is 50.0. The number of ether oxygens (including phenoxy) is 1. The molecule has 8 heteroatoms.